The van der Waals surface area contributed by atoms with Gasteiger partial charge in [0.25, 0.3) is 5.91 Å². The number of nitrogens with zero attached hydrogens (tertiary/aromatic N) is 3. The fourth-order valence-corrected chi connectivity index (χ4v) is 2.72. The van der Waals surface area contributed by atoms with Gasteiger partial charge >= 0.3 is 0 Å². The molecule has 1 fully saturated rings. The van der Waals surface area contributed by atoms with Gasteiger partial charge in [-0.05, 0) is 31.7 Å². The van der Waals surface area contributed by atoms with Crippen LogP contribution in [0.25, 0.3) is 0 Å². The molecule has 1 aromatic heterocycles. The zero-order valence-electron chi connectivity index (χ0n) is 11.2. The molecule has 19 heavy (non-hydrogen) atoms. The van der Waals surface area contributed by atoms with Crippen LogP contribution >= 0.6 is 0 Å². The molecule has 1 unspecified atom stereocenters. The number of aryl methyl sites for hydroxylation is 1. The first kappa shape index (κ1) is 13.6. The van der Waals surface area contributed by atoms with Crippen LogP contribution in [0.4, 0.5) is 0 Å². The lowest BCUT2D eigenvalue weighted by Crippen LogP contribution is -2.36. The molecule has 0 aliphatic carbocycles. The number of likely N-dealkylation sites (tertiary alicyclic amines) is 1. The van der Waals surface area contributed by atoms with Crippen molar-refractivity contribution in [3.05, 3.63) is 23.5 Å². The Morgan fingerprint density at radius 2 is 2.42 bits per heavy atom. The molecule has 1 aliphatic rings. The first-order chi connectivity index (χ1) is 9.17. The number of rotatable bonds is 4. The summed E-state index contributed by atoms with van der Waals surface area (Å²) in [7, 11) is 1.78. The molecule has 5 nitrogen and oxygen atoms in total. The maximum absolute atomic E-state index is 12.5. The molecule has 102 valence electrons. The largest absolute Gasteiger partial charge is 0.396 e. The van der Waals surface area contributed by atoms with E-state index >= 15 is 0 Å². The van der Waals surface area contributed by atoms with Gasteiger partial charge in [-0.2, -0.15) is 5.26 Å². The van der Waals surface area contributed by atoms with E-state index in [-0.39, 0.29) is 18.6 Å². The average Bonchev–Trinajstić information content (AvgIpc) is 3.01. The number of carbonyl (C=O) groups is 1. The SMILES string of the molecule is Cn1cc(C#N)cc1C(=O)N1CCCC1CCCO. The molecule has 1 saturated heterocycles. The van der Waals surface area contributed by atoms with Gasteiger partial charge in [-0.15, -0.1) is 0 Å². The van der Waals surface area contributed by atoms with Crippen molar-refractivity contribution < 1.29 is 9.90 Å². The number of carbonyl (C=O) groups excluding carboxylic acids is 1. The summed E-state index contributed by atoms with van der Waals surface area (Å²) in [6, 6.07) is 3.92. The fourth-order valence-electron chi connectivity index (χ4n) is 2.72. The first-order valence-corrected chi connectivity index (χ1v) is 6.65. The fraction of sp³-hybridized carbons (Fsp3) is 0.571. The summed E-state index contributed by atoms with van der Waals surface area (Å²) in [5, 5.41) is 17.8. The van der Waals surface area contributed by atoms with Crippen LogP contribution in [0.15, 0.2) is 12.3 Å². The van der Waals surface area contributed by atoms with Gasteiger partial charge in [0.1, 0.15) is 11.8 Å². The molecular formula is C14H19N3O2. The maximum Gasteiger partial charge on any atom is 0.270 e. The van der Waals surface area contributed by atoms with E-state index in [1.165, 1.54) is 0 Å². The third-order valence-electron chi connectivity index (χ3n) is 3.69. The van der Waals surface area contributed by atoms with Crippen molar-refractivity contribution in [1.29, 1.82) is 5.26 Å². The molecule has 0 aromatic carbocycles. The number of nitriles is 1. The Labute approximate surface area is 113 Å². The van der Waals surface area contributed by atoms with Gasteiger partial charge in [-0.25, -0.2) is 0 Å². The Hall–Kier alpha value is -1.80. The molecular weight excluding hydrogens is 242 g/mol. The number of hydrogen-bond donors (Lipinski definition) is 1. The third-order valence-corrected chi connectivity index (χ3v) is 3.69. The van der Waals surface area contributed by atoms with E-state index < -0.39 is 0 Å². The summed E-state index contributed by atoms with van der Waals surface area (Å²) >= 11 is 0. The summed E-state index contributed by atoms with van der Waals surface area (Å²) < 4.78 is 1.71. The topological polar surface area (TPSA) is 69.3 Å². The van der Waals surface area contributed by atoms with Crippen molar-refractivity contribution in [1.82, 2.24) is 9.47 Å². The van der Waals surface area contributed by atoms with E-state index in [0.717, 1.165) is 32.2 Å². The molecule has 1 atom stereocenters. The summed E-state index contributed by atoms with van der Waals surface area (Å²) in [5.74, 6) is -0.00978. The van der Waals surface area contributed by atoms with Crippen molar-refractivity contribution in [3.8, 4) is 6.07 Å². The maximum atomic E-state index is 12.5. The van der Waals surface area contributed by atoms with Crippen LogP contribution in [0.3, 0.4) is 0 Å². The summed E-state index contributed by atoms with van der Waals surface area (Å²) in [5.41, 5.74) is 1.07. The standard InChI is InChI=1S/C14H19N3O2/c1-16-10-11(9-15)8-13(16)14(19)17-6-2-4-12(17)5-3-7-18/h8,10,12,18H,2-7H2,1H3. The lowest BCUT2D eigenvalue weighted by Gasteiger charge is -2.24. The molecule has 0 radical (unpaired) electrons. The van der Waals surface area contributed by atoms with Crippen LogP contribution < -0.4 is 0 Å². The van der Waals surface area contributed by atoms with E-state index in [9.17, 15) is 4.79 Å². The second kappa shape index (κ2) is 5.89. The zero-order valence-corrected chi connectivity index (χ0v) is 11.2. The van der Waals surface area contributed by atoms with Crippen LogP contribution in [-0.4, -0.2) is 39.7 Å². The van der Waals surface area contributed by atoms with Crippen LogP contribution in [-0.2, 0) is 7.05 Å². The van der Waals surface area contributed by atoms with E-state index in [1.807, 2.05) is 4.90 Å². The Balaban J connectivity index is 2.14. The van der Waals surface area contributed by atoms with Crippen molar-refractivity contribution in [3.63, 3.8) is 0 Å². The predicted molar refractivity (Wildman–Crippen MR) is 70.5 cm³/mol. The minimum atomic E-state index is -0.00978. The summed E-state index contributed by atoms with van der Waals surface area (Å²) in [4.78, 5) is 14.4. The third kappa shape index (κ3) is 2.79. The first-order valence-electron chi connectivity index (χ1n) is 6.65. The minimum Gasteiger partial charge on any atom is -0.396 e. The molecule has 2 rings (SSSR count). The van der Waals surface area contributed by atoms with Crippen LogP contribution in [0.2, 0.25) is 0 Å². The smallest absolute Gasteiger partial charge is 0.270 e. The van der Waals surface area contributed by atoms with Crippen LogP contribution in [0, 0.1) is 11.3 Å². The normalized spacial score (nSPS) is 18.6. The predicted octanol–water partition coefficient (Wildman–Crippen LogP) is 1.27. The number of aliphatic hydroxyl groups is 1. The molecule has 1 amide bonds. The van der Waals surface area contributed by atoms with Gasteiger partial charge in [0.15, 0.2) is 0 Å². The highest BCUT2D eigenvalue weighted by Gasteiger charge is 2.30. The van der Waals surface area contributed by atoms with E-state index in [4.69, 9.17) is 10.4 Å². The summed E-state index contributed by atoms with van der Waals surface area (Å²) in [6.45, 7) is 0.934. The molecule has 1 N–H and O–H groups in total. The Morgan fingerprint density at radius 1 is 1.63 bits per heavy atom. The van der Waals surface area contributed by atoms with E-state index in [1.54, 1.807) is 23.9 Å². The average molecular weight is 261 g/mol. The zero-order chi connectivity index (χ0) is 13.8. The number of hydrogen-bond acceptors (Lipinski definition) is 3. The highest BCUT2D eigenvalue weighted by Crippen LogP contribution is 2.24. The molecule has 1 aromatic rings. The Bertz CT molecular complexity index is 501. The number of aromatic nitrogens is 1. The second-order valence-electron chi connectivity index (χ2n) is 5.00. The van der Waals surface area contributed by atoms with Gasteiger partial charge in [0, 0.05) is 32.4 Å². The number of amides is 1. The van der Waals surface area contributed by atoms with Crippen molar-refractivity contribution in [2.24, 2.45) is 7.05 Å². The van der Waals surface area contributed by atoms with E-state index in [0.29, 0.717) is 11.3 Å². The molecule has 2 heterocycles. The van der Waals surface area contributed by atoms with Crippen LogP contribution in [0.1, 0.15) is 41.7 Å². The quantitative estimate of drug-likeness (QED) is 0.887. The molecule has 5 heteroatoms. The lowest BCUT2D eigenvalue weighted by molar-refractivity contribution is 0.0715. The van der Waals surface area contributed by atoms with Crippen molar-refractivity contribution in [2.45, 2.75) is 31.7 Å². The summed E-state index contributed by atoms with van der Waals surface area (Å²) in [6.07, 6.45) is 5.26. The second-order valence-corrected chi connectivity index (χ2v) is 5.00. The lowest BCUT2D eigenvalue weighted by atomic mass is 10.1. The number of aliphatic hydroxyl groups excluding tert-OH is 1. The van der Waals surface area contributed by atoms with Crippen LogP contribution in [0.5, 0.6) is 0 Å². The minimum absolute atomic E-state index is 0.00978. The van der Waals surface area contributed by atoms with Gasteiger partial charge < -0.3 is 14.6 Å². The molecule has 1 aliphatic heterocycles. The monoisotopic (exact) mass is 261 g/mol. The van der Waals surface area contributed by atoms with Gasteiger partial charge in [-0.1, -0.05) is 0 Å². The van der Waals surface area contributed by atoms with Crippen molar-refractivity contribution >= 4 is 5.91 Å². The Morgan fingerprint density at radius 3 is 3.05 bits per heavy atom. The van der Waals surface area contributed by atoms with Gasteiger partial charge in [-0.3, -0.25) is 4.79 Å². The molecule has 0 bridgehead atoms. The highest BCUT2D eigenvalue weighted by atomic mass is 16.3. The van der Waals surface area contributed by atoms with Crippen molar-refractivity contribution in [2.75, 3.05) is 13.2 Å². The van der Waals surface area contributed by atoms with Gasteiger partial charge in [0.2, 0.25) is 0 Å². The van der Waals surface area contributed by atoms with E-state index in [2.05, 4.69) is 6.07 Å². The Kier molecular flexibility index (Phi) is 4.23. The molecule has 0 spiro atoms. The molecule has 0 saturated carbocycles. The van der Waals surface area contributed by atoms with Gasteiger partial charge in [0.05, 0.1) is 5.56 Å². The highest BCUT2D eigenvalue weighted by molar-refractivity contribution is 5.93.